The summed E-state index contributed by atoms with van der Waals surface area (Å²) in [5, 5.41) is 0. The summed E-state index contributed by atoms with van der Waals surface area (Å²) in [6.07, 6.45) is 1.08. The first-order valence-electron chi connectivity index (χ1n) is 10.3. The second kappa shape index (κ2) is 9.51. The molecular formula is C23H28N2O5S. The minimum absolute atomic E-state index is 0.0250. The van der Waals surface area contributed by atoms with Crippen LogP contribution in [0.15, 0.2) is 53.4 Å². The summed E-state index contributed by atoms with van der Waals surface area (Å²) in [6, 6.07) is 12.4. The molecule has 2 aromatic rings. The van der Waals surface area contributed by atoms with Gasteiger partial charge < -0.3 is 9.64 Å². The molecule has 0 spiro atoms. The summed E-state index contributed by atoms with van der Waals surface area (Å²) >= 11 is 0. The second-order valence-electron chi connectivity index (χ2n) is 8.32. The van der Waals surface area contributed by atoms with Crippen LogP contribution >= 0.6 is 0 Å². The van der Waals surface area contributed by atoms with Crippen LogP contribution in [0.2, 0.25) is 0 Å². The number of hydrogen-bond donors (Lipinski definition) is 1. The Morgan fingerprint density at radius 2 is 1.58 bits per heavy atom. The molecule has 0 bridgehead atoms. The number of esters is 1. The van der Waals surface area contributed by atoms with Crippen LogP contribution in [0.25, 0.3) is 0 Å². The average Bonchev–Trinajstić information content (AvgIpc) is 2.72. The van der Waals surface area contributed by atoms with Crippen LogP contribution in [-0.4, -0.2) is 44.9 Å². The zero-order valence-corrected chi connectivity index (χ0v) is 18.8. The molecule has 1 amide bonds. The maximum Gasteiger partial charge on any atom is 0.338 e. The molecule has 0 radical (unpaired) electrons. The van der Waals surface area contributed by atoms with Gasteiger partial charge in [0.15, 0.2) is 6.61 Å². The van der Waals surface area contributed by atoms with Crippen molar-refractivity contribution in [2.45, 2.75) is 32.1 Å². The standard InChI is InChI=1S/C23H28N2O5S/c1-16-4-8-20(9-5-16)24-31(28,29)21-10-6-19(7-11-21)23(27)30-15-22(26)25-13-17(2)12-18(3)14-25/h4-11,17-18,24H,12-15H2,1-3H3/t17-,18-/m0/s1. The summed E-state index contributed by atoms with van der Waals surface area (Å²) in [5.74, 6) is -0.0343. The van der Waals surface area contributed by atoms with Gasteiger partial charge in [-0.25, -0.2) is 13.2 Å². The Hall–Kier alpha value is -2.87. The highest BCUT2D eigenvalue weighted by atomic mass is 32.2. The van der Waals surface area contributed by atoms with Gasteiger partial charge in [0.05, 0.1) is 10.5 Å². The van der Waals surface area contributed by atoms with Gasteiger partial charge in [0, 0.05) is 18.8 Å². The lowest BCUT2D eigenvalue weighted by Crippen LogP contribution is -2.44. The van der Waals surface area contributed by atoms with Crippen molar-refractivity contribution >= 4 is 27.6 Å². The van der Waals surface area contributed by atoms with Gasteiger partial charge in [0.2, 0.25) is 0 Å². The quantitative estimate of drug-likeness (QED) is 0.689. The summed E-state index contributed by atoms with van der Waals surface area (Å²) < 4.78 is 32.7. The van der Waals surface area contributed by atoms with E-state index in [9.17, 15) is 18.0 Å². The van der Waals surface area contributed by atoms with E-state index in [1.807, 2.05) is 19.1 Å². The smallest absolute Gasteiger partial charge is 0.338 e. The molecular weight excluding hydrogens is 416 g/mol. The first-order chi connectivity index (χ1) is 14.6. The van der Waals surface area contributed by atoms with Crippen molar-refractivity contribution in [3.05, 3.63) is 59.7 Å². The first-order valence-corrected chi connectivity index (χ1v) is 11.8. The van der Waals surface area contributed by atoms with Crippen LogP contribution in [0.1, 0.15) is 36.2 Å². The van der Waals surface area contributed by atoms with Crippen LogP contribution in [-0.2, 0) is 19.6 Å². The number of rotatable bonds is 6. The minimum Gasteiger partial charge on any atom is -0.452 e. The fourth-order valence-electron chi connectivity index (χ4n) is 3.77. The Morgan fingerprint density at radius 3 is 2.16 bits per heavy atom. The van der Waals surface area contributed by atoms with Crippen molar-refractivity contribution < 1.29 is 22.7 Å². The second-order valence-corrected chi connectivity index (χ2v) is 10.00. The van der Waals surface area contributed by atoms with Crippen LogP contribution in [0, 0.1) is 18.8 Å². The van der Waals surface area contributed by atoms with Crippen molar-refractivity contribution in [1.82, 2.24) is 4.90 Å². The number of sulfonamides is 1. The van der Waals surface area contributed by atoms with Crippen molar-refractivity contribution in [3.8, 4) is 0 Å². The van der Waals surface area contributed by atoms with E-state index in [1.54, 1.807) is 17.0 Å². The molecule has 1 heterocycles. The highest BCUT2D eigenvalue weighted by Gasteiger charge is 2.26. The topological polar surface area (TPSA) is 92.8 Å². The number of carbonyl (C=O) groups excluding carboxylic acids is 2. The van der Waals surface area contributed by atoms with Crippen molar-refractivity contribution in [3.63, 3.8) is 0 Å². The number of piperidine rings is 1. The number of likely N-dealkylation sites (tertiary alicyclic amines) is 1. The molecule has 2 aromatic carbocycles. The number of nitrogens with one attached hydrogen (secondary N) is 1. The van der Waals surface area contributed by atoms with Gasteiger partial charge in [-0.2, -0.15) is 0 Å². The lowest BCUT2D eigenvalue weighted by atomic mass is 9.92. The predicted octanol–water partition coefficient (Wildman–Crippen LogP) is 3.46. The largest absolute Gasteiger partial charge is 0.452 e. The Labute approximate surface area is 183 Å². The molecule has 0 unspecified atom stereocenters. The van der Waals surface area contributed by atoms with Gasteiger partial charge in [-0.15, -0.1) is 0 Å². The molecule has 0 saturated carbocycles. The minimum atomic E-state index is -3.78. The molecule has 1 saturated heterocycles. The number of anilines is 1. The maximum atomic E-state index is 12.5. The Morgan fingerprint density at radius 1 is 1.00 bits per heavy atom. The van der Waals surface area contributed by atoms with Crippen LogP contribution in [0.3, 0.4) is 0 Å². The van der Waals surface area contributed by atoms with Gasteiger partial charge in [-0.1, -0.05) is 31.5 Å². The molecule has 0 aromatic heterocycles. The monoisotopic (exact) mass is 444 g/mol. The molecule has 1 N–H and O–H groups in total. The van der Waals surface area contributed by atoms with Crippen molar-refractivity contribution in [2.24, 2.45) is 11.8 Å². The van der Waals surface area contributed by atoms with Crippen molar-refractivity contribution in [2.75, 3.05) is 24.4 Å². The highest BCUT2D eigenvalue weighted by Crippen LogP contribution is 2.21. The fraction of sp³-hybridized carbons (Fsp3) is 0.391. The van der Waals surface area contributed by atoms with Gasteiger partial charge in [0.1, 0.15) is 0 Å². The zero-order chi connectivity index (χ0) is 22.6. The number of ether oxygens (including phenoxy) is 1. The molecule has 2 atom stereocenters. The van der Waals surface area contributed by atoms with Crippen LogP contribution in [0.4, 0.5) is 5.69 Å². The number of nitrogens with zero attached hydrogens (tertiary/aromatic N) is 1. The van der Waals surface area contributed by atoms with E-state index in [4.69, 9.17) is 4.74 Å². The number of carbonyl (C=O) groups is 2. The third kappa shape index (κ3) is 6.07. The molecule has 0 aliphatic carbocycles. The number of benzene rings is 2. The first kappa shape index (κ1) is 22.8. The van der Waals surface area contributed by atoms with E-state index in [1.165, 1.54) is 24.3 Å². The predicted molar refractivity (Wildman–Crippen MR) is 118 cm³/mol. The van der Waals surface area contributed by atoms with E-state index in [0.717, 1.165) is 12.0 Å². The van der Waals surface area contributed by atoms with E-state index in [2.05, 4.69) is 18.6 Å². The number of hydrogen-bond acceptors (Lipinski definition) is 5. The summed E-state index contributed by atoms with van der Waals surface area (Å²) in [4.78, 5) is 26.4. The third-order valence-electron chi connectivity index (χ3n) is 5.25. The molecule has 7 nitrogen and oxygen atoms in total. The molecule has 1 aliphatic rings. The summed E-state index contributed by atoms with van der Waals surface area (Å²) in [5.41, 5.74) is 1.66. The van der Waals surface area contributed by atoms with E-state index in [0.29, 0.717) is 30.6 Å². The van der Waals surface area contributed by atoms with E-state index in [-0.39, 0.29) is 23.0 Å². The lowest BCUT2D eigenvalue weighted by Gasteiger charge is -2.34. The highest BCUT2D eigenvalue weighted by molar-refractivity contribution is 7.92. The van der Waals surface area contributed by atoms with Crippen LogP contribution in [0.5, 0.6) is 0 Å². The van der Waals surface area contributed by atoms with E-state index < -0.39 is 16.0 Å². The summed E-state index contributed by atoms with van der Waals surface area (Å²) in [6.45, 7) is 7.13. The van der Waals surface area contributed by atoms with Crippen molar-refractivity contribution in [1.29, 1.82) is 0 Å². The number of amides is 1. The molecule has 8 heteroatoms. The Bertz CT molecular complexity index is 1020. The fourth-order valence-corrected chi connectivity index (χ4v) is 4.83. The zero-order valence-electron chi connectivity index (χ0n) is 18.0. The SMILES string of the molecule is Cc1ccc(NS(=O)(=O)c2ccc(C(=O)OCC(=O)N3C[C@@H](C)C[C@H](C)C3)cc2)cc1. The van der Waals surface area contributed by atoms with Gasteiger partial charge in [0.25, 0.3) is 15.9 Å². The third-order valence-corrected chi connectivity index (χ3v) is 6.65. The Balaban J connectivity index is 1.58. The maximum absolute atomic E-state index is 12.5. The van der Waals surface area contributed by atoms with Gasteiger partial charge >= 0.3 is 5.97 Å². The molecule has 3 rings (SSSR count). The number of aryl methyl sites for hydroxylation is 1. The molecule has 1 aliphatic heterocycles. The van der Waals surface area contributed by atoms with Gasteiger partial charge in [-0.3, -0.25) is 9.52 Å². The average molecular weight is 445 g/mol. The van der Waals surface area contributed by atoms with E-state index >= 15 is 0 Å². The normalized spacial score (nSPS) is 19.0. The van der Waals surface area contributed by atoms with Crippen LogP contribution < -0.4 is 4.72 Å². The molecule has 31 heavy (non-hydrogen) atoms. The molecule has 1 fully saturated rings. The molecule has 166 valence electrons. The Kier molecular flexibility index (Phi) is 7.00. The summed E-state index contributed by atoms with van der Waals surface area (Å²) in [7, 11) is -3.78. The van der Waals surface area contributed by atoms with Gasteiger partial charge in [-0.05, 0) is 61.6 Å². The lowest BCUT2D eigenvalue weighted by molar-refractivity contribution is -0.137.